The standard InChI is InChI=1S/C27H39F3/c1-2-3-4-5-6-7-20-10-14-23(15-11-20)24-16-12-21(13-17-24)8-9-22-18-25(28)27(30)26(29)19-22/h3-4,18-21,23-24H,2,5-17H2,1H3/b4-3+/t20-,21-,23-,24-. The molecule has 1 aromatic carbocycles. The van der Waals surface area contributed by atoms with Crippen LogP contribution in [0.15, 0.2) is 24.3 Å². The van der Waals surface area contributed by atoms with E-state index in [1.165, 1.54) is 70.6 Å². The fraction of sp³-hybridized carbons (Fsp3) is 0.704. The van der Waals surface area contributed by atoms with Crippen LogP contribution in [0.1, 0.15) is 96.0 Å². The highest BCUT2D eigenvalue weighted by Crippen LogP contribution is 2.43. The van der Waals surface area contributed by atoms with E-state index in [9.17, 15) is 13.2 Å². The van der Waals surface area contributed by atoms with Gasteiger partial charge in [0.25, 0.3) is 0 Å². The molecule has 0 amide bonds. The van der Waals surface area contributed by atoms with Crippen molar-refractivity contribution in [1.82, 2.24) is 0 Å². The van der Waals surface area contributed by atoms with E-state index in [0.717, 1.165) is 42.7 Å². The molecule has 0 spiro atoms. The van der Waals surface area contributed by atoms with Gasteiger partial charge in [0.05, 0.1) is 0 Å². The van der Waals surface area contributed by atoms with Gasteiger partial charge in [0.2, 0.25) is 0 Å². The SMILES string of the molecule is CC/C=C/CCC[C@H]1CC[C@H]([C@H]2CC[C@H](CCc3cc(F)c(F)c(F)c3)CC2)CC1. The third-order valence-electron chi connectivity index (χ3n) is 7.72. The largest absolute Gasteiger partial charge is 0.204 e. The van der Waals surface area contributed by atoms with Gasteiger partial charge < -0.3 is 0 Å². The number of hydrogen-bond acceptors (Lipinski definition) is 0. The van der Waals surface area contributed by atoms with Crippen molar-refractivity contribution in [1.29, 1.82) is 0 Å². The lowest BCUT2D eigenvalue weighted by Gasteiger charge is -2.38. The van der Waals surface area contributed by atoms with E-state index >= 15 is 0 Å². The summed E-state index contributed by atoms with van der Waals surface area (Å²) in [7, 11) is 0. The summed E-state index contributed by atoms with van der Waals surface area (Å²) in [5, 5.41) is 0. The number of aryl methyl sites for hydroxylation is 1. The third kappa shape index (κ3) is 6.89. The molecule has 0 unspecified atom stereocenters. The molecule has 0 aromatic heterocycles. The average molecular weight is 421 g/mol. The Bertz CT molecular complexity index is 642. The Morgan fingerprint density at radius 1 is 0.767 bits per heavy atom. The van der Waals surface area contributed by atoms with Crippen molar-refractivity contribution in [3.63, 3.8) is 0 Å². The summed E-state index contributed by atoms with van der Waals surface area (Å²) >= 11 is 0. The summed E-state index contributed by atoms with van der Waals surface area (Å²) in [6, 6.07) is 2.31. The molecule has 3 rings (SSSR count). The zero-order valence-electron chi connectivity index (χ0n) is 18.7. The van der Waals surface area contributed by atoms with Gasteiger partial charge in [0, 0.05) is 0 Å². The van der Waals surface area contributed by atoms with Crippen molar-refractivity contribution in [3.8, 4) is 0 Å². The van der Waals surface area contributed by atoms with Crippen LogP contribution in [-0.2, 0) is 6.42 Å². The number of unbranched alkanes of at least 4 members (excludes halogenated alkanes) is 1. The number of hydrogen-bond donors (Lipinski definition) is 0. The molecule has 168 valence electrons. The van der Waals surface area contributed by atoms with Gasteiger partial charge in [-0.15, -0.1) is 0 Å². The van der Waals surface area contributed by atoms with Gasteiger partial charge in [0.15, 0.2) is 17.5 Å². The fourth-order valence-electron chi connectivity index (χ4n) is 5.83. The van der Waals surface area contributed by atoms with E-state index in [1.54, 1.807) is 0 Å². The minimum atomic E-state index is -1.36. The normalized spacial score (nSPS) is 27.6. The van der Waals surface area contributed by atoms with Gasteiger partial charge in [0.1, 0.15) is 0 Å². The number of rotatable bonds is 9. The van der Waals surface area contributed by atoms with Gasteiger partial charge in [-0.05, 0) is 99.2 Å². The lowest BCUT2D eigenvalue weighted by Crippen LogP contribution is -2.26. The summed E-state index contributed by atoms with van der Waals surface area (Å²) in [6.07, 6.45) is 22.1. The molecular weight excluding hydrogens is 381 g/mol. The van der Waals surface area contributed by atoms with E-state index in [4.69, 9.17) is 0 Å². The van der Waals surface area contributed by atoms with Crippen molar-refractivity contribution in [2.24, 2.45) is 23.7 Å². The maximum absolute atomic E-state index is 13.4. The first-order chi connectivity index (χ1) is 14.6. The number of allylic oxidation sites excluding steroid dienone is 2. The van der Waals surface area contributed by atoms with Crippen LogP contribution in [0, 0.1) is 41.1 Å². The molecule has 0 N–H and O–H groups in total. The molecule has 0 nitrogen and oxygen atoms in total. The highest BCUT2D eigenvalue weighted by Gasteiger charge is 2.30. The number of halogens is 3. The topological polar surface area (TPSA) is 0 Å². The Balaban J connectivity index is 1.33. The molecule has 0 bridgehead atoms. The first kappa shape index (κ1) is 23.4. The van der Waals surface area contributed by atoms with Gasteiger partial charge >= 0.3 is 0 Å². The highest BCUT2D eigenvalue weighted by molar-refractivity contribution is 5.19. The molecule has 2 aliphatic carbocycles. The van der Waals surface area contributed by atoms with Gasteiger partial charge in [-0.3, -0.25) is 0 Å². The maximum Gasteiger partial charge on any atom is 0.194 e. The monoisotopic (exact) mass is 420 g/mol. The van der Waals surface area contributed by atoms with Crippen molar-refractivity contribution < 1.29 is 13.2 Å². The lowest BCUT2D eigenvalue weighted by atomic mass is 9.68. The van der Waals surface area contributed by atoms with Crippen LogP contribution in [0.25, 0.3) is 0 Å². The zero-order chi connectivity index (χ0) is 21.3. The van der Waals surface area contributed by atoms with Crippen LogP contribution >= 0.6 is 0 Å². The molecule has 1 aromatic rings. The van der Waals surface area contributed by atoms with Crippen molar-refractivity contribution in [2.75, 3.05) is 0 Å². The average Bonchev–Trinajstić information content (AvgIpc) is 2.76. The molecular formula is C27H39F3. The summed E-state index contributed by atoms with van der Waals surface area (Å²) < 4.78 is 39.9. The predicted octanol–water partition coefficient (Wildman–Crippen LogP) is 8.79. The van der Waals surface area contributed by atoms with Crippen LogP contribution < -0.4 is 0 Å². The number of benzene rings is 1. The van der Waals surface area contributed by atoms with Crippen molar-refractivity contribution in [2.45, 2.75) is 96.8 Å². The summed E-state index contributed by atoms with van der Waals surface area (Å²) in [4.78, 5) is 0. The quantitative estimate of drug-likeness (QED) is 0.213. The second kappa shape index (κ2) is 12.0. The van der Waals surface area contributed by atoms with Gasteiger partial charge in [-0.1, -0.05) is 51.2 Å². The van der Waals surface area contributed by atoms with E-state index in [0.29, 0.717) is 17.9 Å². The predicted molar refractivity (Wildman–Crippen MR) is 119 cm³/mol. The first-order valence-electron chi connectivity index (χ1n) is 12.3. The Morgan fingerprint density at radius 3 is 1.83 bits per heavy atom. The van der Waals surface area contributed by atoms with Crippen LogP contribution in [0.3, 0.4) is 0 Å². The van der Waals surface area contributed by atoms with Crippen molar-refractivity contribution in [3.05, 3.63) is 47.3 Å². The van der Waals surface area contributed by atoms with Crippen LogP contribution in [0.2, 0.25) is 0 Å². The molecule has 2 aliphatic rings. The highest BCUT2D eigenvalue weighted by atomic mass is 19.2. The smallest absolute Gasteiger partial charge is 0.194 e. The first-order valence-corrected chi connectivity index (χ1v) is 12.3. The maximum atomic E-state index is 13.4. The summed E-state index contributed by atoms with van der Waals surface area (Å²) in [6.45, 7) is 2.19. The zero-order valence-corrected chi connectivity index (χ0v) is 18.7. The molecule has 2 fully saturated rings. The Morgan fingerprint density at radius 2 is 1.30 bits per heavy atom. The summed E-state index contributed by atoms with van der Waals surface area (Å²) in [5.74, 6) is -0.0993. The lowest BCUT2D eigenvalue weighted by molar-refractivity contribution is 0.141. The van der Waals surface area contributed by atoms with Crippen LogP contribution in [0.4, 0.5) is 13.2 Å². The second-order valence-corrected chi connectivity index (χ2v) is 9.78. The van der Waals surface area contributed by atoms with Crippen molar-refractivity contribution >= 4 is 0 Å². The summed E-state index contributed by atoms with van der Waals surface area (Å²) in [5.41, 5.74) is 0.581. The van der Waals surface area contributed by atoms with E-state index < -0.39 is 17.5 Å². The Hall–Kier alpha value is -1.25. The molecule has 0 aliphatic heterocycles. The molecule has 0 atom stereocenters. The van der Waals surface area contributed by atoms with Crippen LogP contribution in [-0.4, -0.2) is 0 Å². The van der Waals surface area contributed by atoms with Gasteiger partial charge in [-0.2, -0.15) is 0 Å². The van der Waals surface area contributed by atoms with Crippen LogP contribution in [0.5, 0.6) is 0 Å². The molecule has 0 heterocycles. The Kier molecular flexibility index (Phi) is 9.33. The third-order valence-corrected chi connectivity index (χ3v) is 7.72. The van der Waals surface area contributed by atoms with E-state index in [1.807, 2.05) is 0 Å². The van der Waals surface area contributed by atoms with Gasteiger partial charge in [-0.25, -0.2) is 13.2 Å². The molecule has 2 saturated carbocycles. The molecule has 30 heavy (non-hydrogen) atoms. The molecule has 3 heteroatoms. The van der Waals surface area contributed by atoms with E-state index in [2.05, 4.69) is 19.1 Å². The molecule has 0 saturated heterocycles. The minimum absolute atomic E-state index is 0.581. The fourth-order valence-corrected chi connectivity index (χ4v) is 5.83. The van der Waals surface area contributed by atoms with E-state index in [-0.39, 0.29) is 0 Å². The second-order valence-electron chi connectivity index (χ2n) is 9.78. The minimum Gasteiger partial charge on any atom is -0.204 e. The Labute approximate surface area is 181 Å². The molecule has 0 radical (unpaired) electrons.